The first-order valence-corrected chi connectivity index (χ1v) is 11.9. The number of carbonyl (C=O) groups is 3. The smallest absolute Gasteiger partial charge is 0.266 e. The minimum atomic E-state index is -0.371. The highest BCUT2D eigenvalue weighted by Gasteiger charge is 2.34. The zero-order valence-corrected chi connectivity index (χ0v) is 20.2. The number of rotatable bonds is 5. The van der Waals surface area contributed by atoms with Gasteiger partial charge in [0.1, 0.15) is 4.83 Å². The number of nitrogens with zero attached hydrogens (tertiary/aromatic N) is 3. The third-order valence-corrected chi connectivity index (χ3v) is 7.39. The number of imide groups is 1. The van der Waals surface area contributed by atoms with Crippen LogP contribution in [0.25, 0.3) is 10.2 Å². The highest BCUT2D eigenvalue weighted by molar-refractivity contribution is 7.20. The number of benzene rings is 2. The minimum absolute atomic E-state index is 0.0443. The van der Waals surface area contributed by atoms with Crippen molar-refractivity contribution in [2.75, 3.05) is 11.9 Å². The van der Waals surface area contributed by atoms with Crippen LogP contribution in [0.15, 0.2) is 53.6 Å². The Kier molecular flexibility index (Phi) is 5.56. The summed E-state index contributed by atoms with van der Waals surface area (Å²) in [5, 5.41) is 3.29. The second kappa shape index (κ2) is 8.59. The second-order valence-corrected chi connectivity index (χ2v) is 9.56. The normalized spacial score (nSPS) is 12.9. The van der Waals surface area contributed by atoms with Gasteiger partial charge < -0.3 is 5.32 Å². The van der Waals surface area contributed by atoms with E-state index in [1.54, 1.807) is 31.2 Å². The van der Waals surface area contributed by atoms with Gasteiger partial charge in [0, 0.05) is 18.8 Å². The van der Waals surface area contributed by atoms with Crippen molar-refractivity contribution in [3.63, 3.8) is 0 Å². The first kappa shape index (κ1) is 22.7. The van der Waals surface area contributed by atoms with E-state index < -0.39 is 0 Å². The molecule has 3 heterocycles. The van der Waals surface area contributed by atoms with Crippen LogP contribution in [-0.4, -0.2) is 38.7 Å². The summed E-state index contributed by atoms with van der Waals surface area (Å²) in [7, 11) is 0. The van der Waals surface area contributed by atoms with E-state index in [1.165, 1.54) is 10.9 Å². The van der Waals surface area contributed by atoms with E-state index in [4.69, 9.17) is 0 Å². The number of carbonyl (C=O) groups excluding carboxylic acids is 3. The minimum Gasteiger partial charge on any atom is -0.321 e. The Hall–Kier alpha value is -4.11. The Morgan fingerprint density at radius 3 is 2.31 bits per heavy atom. The molecule has 0 radical (unpaired) electrons. The van der Waals surface area contributed by atoms with Gasteiger partial charge in [-0.15, -0.1) is 11.3 Å². The molecule has 2 aromatic carbocycles. The lowest BCUT2D eigenvalue weighted by molar-refractivity contribution is 0.0648. The lowest BCUT2D eigenvalue weighted by Gasteiger charge is -2.14. The third kappa shape index (κ3) is 3.83. The monoisotopic (exact) mass is 486 g/mol. The Balaban J connectivity index is 1.39. The molecule has 1 aliphatic heterocycles. The van der Waals surface area contributed by atoms with E-state index >= 15 is 0 Å². The van der Waals surface area contributed by atoms with E-state index in [1.807, 2.05) is 32.0 Å². The molecule has 4 aromatic rings. The first-order valence-electron chi connectivity index (χ1n) is 11.1. The summed E-state index contributed by atoms with van der Waals surface area (Å²) < 4.78 is 1.37. The average Bonchev–Trinajstić information content (AvgIpc) is 3.30. The summed E-state index contributed by atoms with van der Waals surface area (Å²) in [6.07, 6.45) is 1.39. The predicted octanol–water partition coefficient (Wildman–Crippen LogP) is 3.93. The van der Waals surface area contributed by atoms with Crippen molar-refractivity contribution in [3.8, 4) is 0 Å². The van der Waals surface area contributed by atoms with E-state index in [0.717, 1.165) is 27.4 Å². The van der Waals surface area contributed by atoms with E-state index in [9.17, 15) is 19.2 Å². The molecule has 0 saturated carbocycles. The molecule has 176 valence electrons. The molecular weight excluding hydrogens is 464 g/mol. The summed E-state index contributed by atoms with van der Waals surface area (Å²) in [6, 6.07) is 12.4. The van der Waals surface area contributed by atoms with E-state index in [0.29, 0.717) is 37.5 Å². The predicted molar refractivity (Wildman–Crippen MR) is 134 cm³/mol. The van der Waals surface area contributed by atoms with Crippen LogP contribution in [0.5, 0.6) is 0 Å². The molecule has 3 amide bonds. The van der Waals surface area contributed by atoms with Gasteiger partial charge in [-0.25, -0.2) is 4.98 Å². The summed E-state index contributed by atoms with van der Waals surface area (Å²) in [5.41, 5.74) is 3.74. The standard InChI is InChI=1S/C26H22N4O4S/c1-14-8-9-19(15(2)12-14)28-22(31)21-16(3)20-23(35-21)27-13-29(26(20)34)10-11-30-24(32)17-6-4-5-7-18(17)25(30)33/h4-9,12-13H,10-11H2,1-3H3,(H,28,31). The van der Waals surface area contributed by atoms with Crippen LogP contribution >= 0.6 is 11.3 Å². The fraction of sp³-hybridized carbons (Fsp3) is 0.192. The number of thiophene rings is 1. The van der Waals surface area contributed by atoms with Crippen molar-refractivity contribution < 1.29 is 14.4 Å². The summed E-state index contributed by atoms with van der Waals surface area (Å²) in [6.45, 7) is 5.79. The van der Waals surface area contributed by atoms with Gasteiger partial charge in [0.2, 0.25) is 0 Å². The Labute approximate surface area is 204 Å². The van der Waals surface area contributed by atoms with Crippen LogP contribution in [0, 0.1) is 20.8 Å². The number of fused-ring (bicyclic) bond motifs is 2. The lowest BCUT2D eigenvalue weighted by atomic mass is 10.1. The molecule has 0 aliphatic carbocycles. The number of amides is 3. The maximum Gasteiger partial charge on any atom is 0.266 e. The molecule has 0 spiro atoms. The van der Waals surface area contributed by atoms with Gasteiger partial charge >= 0.3 is 0 Å². The first-order chi connectivity index (χ1) is 16.8. The van der Waals surface area contributed by atoms with E-state index in [-0.39, 0.29) is 36.4 Å². The summed E-state index contributed by atoms with van der Waals surface area (Å²) in [5.74, 6) is -1.04. The highest BCUT2D eigenvalue weighted by Crippen LogP contribution is 2.28. The molecule has 0 unspecified atom stereocenters. The quantitative estimate of drug-likeness (QED) is 0.431. The van der Waals surface area contributed by atoms with Crippen LogP contribution < -0.4 is 10.9 Å². The summed E-state index contributed by atoms with van der Waals surface area (Å²) >= 11 is 1.16. The maximum atomic E-state index is 13.2. The highest BCUT2D eigenvalue weighted by atomic mass is 32.1. The fourth-order valence-electron chi connectivity index (χ4n) is 4.32. The number of hydrogen-bond acceptors (Lipinski definition) is 6. The van der Waals surface area contributed by atoms with Crippen molar-refractivity contribution >= 4 is 45.0 Å². The van der Waals surface area contributed by atoms with E-state index in [2.05, 4.69) is 10.3 Å². The zero-order valence-electron chi connectivity index (χ0n) is 19.4. The molecule has 1 aliphatic rings. The van der Waals surface area contributed by atoms with Crippen molar-refractivity contribution in [1.82, 2.24) is 14.5 Å². The molecule has 2 aromatic heterocycles. The lowest BCUT2D eigenvalue weighted by Crippen LogP contribution is -2.35. The molecule has 9 heteroatoms. The molecule has 8 nitrogen and oxygen atoms in total. The van der Waals surface area contributed by atoms with Crippen LogP contribution in [0.1, 0.15) is 47.1 Å². The Morgan fingerprint density at radius 2 is 1.66 bits per heavy atom. The molecular formula is C26H22N4O4S. The SMILES string of the molecule is Cc1ccc(NC(=O)c2sc3ncn(CCN4C(=O)c5ccccc5C4=O)c(=O)c3c2C)c(C)c1. The van der Waals surface area contributed by atoms with Gasteiger partial charge in [0.25, 0.3) is 23.3 Å². The topological polar surface area (TPSA) is 101 Å². The number of anilines is 1. The Bertz CT molecular complexity index is 1570. The second-order valence-electron chi connectivity index (χ2n) is 8.56. The molecule has 0 atom stereocenters. The molecule has 0 saturated heterocycles. The summed E-state index contributed by atoms with van der Waals surface area (Å²) in [4.78, 5) is 57.9. The van der Waals surface area contributed by atoms with Gasteiger partial charge in [0.15, 0.2) is 0 Å². The van der Waals surface area contributed by atoms with Gasteiger partial charge in [-0.05, 0) is 50.1 Å². The zero-order chi connectivity index (χ0) is 24.9. The molecule has 1 N–H and O–H groups in total. The number of nitrogens with one attached hydrogen (secondary N) is 1. The van der Waals surface area contributed by atoms with Crippen molar-refractivity contribution in [2.24, 2.45) is 0 Å². The van der Waals surface area contributed by atoms with Crippen LogP contribution in [-0.2, 0) is 6.54 Å². The van der Waals surface area contributed by atoms with Crippen molar-refractivity contribution in [1.29, 1.82) is 0 Å². The number of aromatic nitrogens is 2. The van der Waals surface area contributed by atoms with Gasteiger partial charge in [-0.3, -0.25) is 28.6 Å². The molecule has 35 heavy (non-hydrogen) atoms. The fourth-order valence-corrected chi connectivity index (χ4v) is 5.35. The average molecular weight is 487 g/mol. The maximum absolute atomic E-state index is 13.2. The third-order valence-electron chi connectivity index (χ3n) is 6.20. The molecule has 5 rings (SSSR count). The van der Waals surface area contributed by atoms with Gasteiger partial charge in [-0.2, -0.15) is 0 Å². The number of hydrogen-bond donors (Lipinski definition) is 1. The van der Waals surface area contributed by atoms with Crippen LogP contribution in [0.4, 0.5) is 5.69 Å². The molecule has 0 fully saturated rings. The molecule has 0 bridgehead atoms. The van der Waals surface area contributed by atoms with Crippen LogP contribution in [0.3, 0.4) is 0 Å². The number of aryl methyl sites for hydroxylation is 3. The van der Waals surface area contributed by atoms with Crippen molar-refractivity contribution in [2.45, 2.75) is 27.3 Å². The van der Waals surface area contributed by atoms with Crippen LogP contribution in [0.2, 0.25) is 0 Å². The largest absolute Gasteiger partial charge is 0.321 e. The Morgan fingerprint density at radius 1 is 0.971 bits per heavy atom. The van der Waals surface area contributed by atoms with Gasteiger partial charge in [-0.1, -0.05) is 29.8 Å². The van der Waals surface area contributed by atoms with Gasteiger partial charge in [0.05, 0.1) is 27.7 Å². The van der Waals surface area contributed by atoms with Crippen molar-refractivity contribution in [3.05, 3.63) is 91.8 Å².